The molecule has 0 bridgehead atoms. The van der Waals surface area contributed by atoms with Gasteiger partial charge in [-0.15, -0.1) is 0 Å². The lowest BCUT2D eigenvalue weighted by atomic mass is 9.85. The first-order valence-electron chi connectivity index (χ1n) is 9.76. The molecule has 0 amide bonds. The molecule has 0 radical (unpaired) electrons. The number of hydrogen-bond acceptors (Lipinski definition) is 3. The number of alkyl halides is 3. The van der Waals surface area contributed by atoms with Gasteiger partial charge in [0, 0.05) is 31.2 Å². The molecule has 2 fully saturated rings. The van der Waals surface area contributed by atoms with Crippen LogP contribution in [0.1, 0.15) is 46.5 Å². The van der Waals surface area contributed by atoms with Gasteiger partial charge in [-0.1, -0.05) is 6.42 Å². The van der Waals surface area contributed by atoms with E-state index < -0.39 is 12.1 Å². The van der Waals surface area contributed by atoms with Gasteiger partial charge in [0.2, 0.25) is 0 Å². The second-order valence-corrected chi connectivity index (χ2v) is 7.48. The average Bonchev–Trinajstić information content (AvgIpc) is 2.59. The zero-order valence-corrected chi connectivity index (χ0v) is 16.1. The van der Waals surface area contributed by atoms with Crippen LogP contribution in [0.2, 0.25) is 0 Å². The van der Waals surface area contributed by atoms with Crippen LogP contribution in [0.5, 0.6) is 0 Å². The Balaban J connectivity index is 1.91. The Labute approximate surface area is 154 Å². The summed E-state index contributed by atoms with van der Waals surface area (Å²) in [6.45, 7) is 9.88. The number of rotatable bonds is 5. The number of nitrogens with zero attached hydrogens (tertiary/aromatic N) is 2. The third kappa shape index (κ3) is 6.30. The minimum atomic E-state index is -4.10. The number of nitrogens with one attached hydrogen (secondary N) is 2. The van der Waals surface area contributed by atoms with E-state index in [-0.39, 0.29) is 24.9 Å². The third-order valence-electron chi connectivity index (χ3n) is 5.32. The monoisotopic (exact) mass is 378 g/mol. The summed E-state index contributed by atoms with van der Waals surface area (Å²) in [5, 5.41) is 6.39. The molecule has 0 spiro atoms. The molecule has 8 heteroatoms. The lowest BCUT2D eigenvalue weighted by molar-refractivity contribution is -0.183. The van der Waals surface area contributed by atoms with E-state index in [1.54, 1.807) is 0 Å². The van der Waals surface area contributed by atoms with Crippen molar-refractivity contribution in [2.45, 2.75) is 70.8 Å². The van der Waals surface area contributed by atoms with Crippen molar-refractivity contribution in [3.63, 3.8) is 0 Å². The molecule has 1 aliphatic carbocycles. The van der Waals surface area contributed by atoms with E-state index in [1.807, 2.05) is 6.92 Å². The molecule has 0 aromatic rings. The Morgan fingerprint density at radius 3 is 2.77 bits per heavy atom. The highest BCUT2D eigenvalue weighted by atomic mass is 19.4. The predicted octanol–water partition coefficient (Wildman–Crippen LogP) is 2.77. The lowest BCUT2D eigenvalue weighted by Gasteiger charge is -2.37. The Morgan fingerprint density at radius 1 is 1.35 bits per heavy atom. The van der Waals surface area contributed by atoms with E-state index in [1.165, 1.54) is 0 Å². The van der Waals surface area contributed by atoms with Gasteiger partial charge < -0.3 is 15.4 Å². The molecule has 5 nitrogen and oxygen atoms in total. The first-order chi connectivity index (χ1) is 12.3. The number of aliphatic imine (C=N–C) groups is 1. The molecular weight excluding hydrogens is 345 g/mol. The predicted molar refractivity (Wildman–Crippen MR) is 97.4 cm³/mol. The Kier molecular flexibility index (Phi) is 8.01. The fraction of sp³-hybridized carbons (Fsp3) is 0.944. The van der Waals surface area contributed by atoms with Crippen LogP contribution >= 0.6 is 0 Å². The van der Waals surface area contributed by atoms with Crippen molar-refractivity contribution < 1.29 is 17.9 Å². The van der Waals surface area contributed by atoms with Gasteiger partial charge in [0.15, 0.2) is 5.96 Å². The minimum absolute atomic E-state index is 0.129. The smallest absolute Gasteiger partial charge is 0.379 e. The summed E-state index contributed by atoms with van der Waals surface area (Å²) in [6, 6.07) is 0.444. The highest BCUT2D eigenvalue weighted by Crippen LogP contribution is 2.37. The van der Waals surface area contributed by atoms with Crippen LogP contribution in [0.15, 0.2) is 4.99 Å². The fourth-order valence-electron chi connectivity index (χ4n) is 3.85. The molecule has 152 valence electrons. The van der Waals surface area contributed by atoms with Crippen molar-refractivity contribution in [2.24, 2.45) is 10.9 Å². The van der Waals surface area contributed by atoms with E-state index in [2.05, 4.69) is 34.4 Å². The number of morpholine rings is 1. The summed E-state index contributed by atoms with van der Waals surface area (Å²) < 4.78 is 44.5. The normalized spacial score (nSPS) is 30.1. The van der Waals surface area contributed by atoms with E-state index in [9.17, 15) is 13.2 Å². The molecule has 4 unspecified atom stereocenters. The Bertz CT molecular complexity index is 458. The first-order valence-corrected chi connectivity index (χ1v) is 9.76. The van der Waals surface area contributed by atoms with Gasteiger partial charge in [-0.05, 0) is 40.0 Å². The van der Waals surface area contributed by atoms with Crippen molar-refractivity contribution in [1.82, 2.24) is 15.5 Å². The van der Waals surface area contributed by atoms with E-state index in [0.29, 0.717) is 31.5 Å². The Morgan fingerprint density at radius 2 is 2.12 bits per heavy atom. The zero-order chi connectivity index (χ0) is 19.2. The standard InChI is InChI=1S/C18H33F3N4O/c1-4-22-17(23-11-13(2)25-8-9-26-12-14(25)3)24-16-7-5-6-15(10-16)18(19,20)21/h13-16H,4-12H2,1-3H3,(H2,22,23,24). The van der Waals surface area contributed by atoms with Gasteiger partial charge in [-0.2, -0.15) is 13.2 Å². The molecule has 2 N–H and O–H groups in total. The summed E-state index contributed by atoms with van der Waals surface area (Å²) in [5.41, 5.74) is 0. The highest BCUT2D eigenvalue weighted by molar-refractivity contribution is 5.80. The summed E-state index contributed by atoms with van der Waals surface area (Å²) in [7, 11) is 0. The van der Waals surface area contributed by atoms with Crippen molar-refractivity contribution in [2.75, 3.05) is 32.8 Å². The second kappa shape index (κ2) is 9.78. The molecule has 1 heterocycles. The van der Waals surface area contributed by atoms with E-state index in [4.69, 9.17) is 4.74 Å². The number of hydrogen-bond donors (Lipinski definition) is 2. The van der Waals surface area contributed by atoms with Gasteiger partial charge in [0.25, 0.3) is 0 Å². The molecule has 1 saturated heterocycles. The molecule has 1 aliphatic heterocycles. The maximum Gasteiger partial charge on any atom is 0.391 e. The molecule has 4 atom stereocenters. The Hall–Kier alpha value is -1.02. The quantitative estimate of drug-likeness (QED) is 0.571. The number of halogens is 3. The van der Waals surface area contributed by atoms with Gasteiger partial charge in [-0.3, -0.25) is 9.89 Å². The SMILES string of the molecule is CCNC(=NCC(C)N1CCOCC1C)NC1CCCC(C(F)(F)F)C1. The topological polar surface area (TPSA) is 48.9 Å². The van der Waals surface area contributed by atoms with E-state index in [0.717, 1.165) is 26.2 Å². The van der Waals surface area contributed by atoms with Crippen LogP contribution in [-0.4, -0.2) is 68.0 Å². The van der Waals surface area contributed by atoms with Crippen LogP contribution in [-0.2, 0) is 4.74 Å². The largest absolute Gasteiger partial charge is 0.391 e. The van der Waals surface area contributed by atoms with Crippen LogP contribution in [0.3, 0.4) is 0 Å². The van der Waals surface area contributed by atoms with Gasteiger partial charge in [0.05, 0.1) is 25.7 Å². The van der Waals surface area contributed by atoms with Crippen molar-refractivity contribution in [3.05, 3.63) is 0 Å². The van der Waals surface area contributed by atoms with Crippen LogP contribution in [0.4, 0.5) is 13.2 Å². The highest BCUT2D eigenvalue weighted by Gasteiger charge is 2.42. The van der Waals surface area contributed by atoms with Crippen LogP contribution in [0.25, 0.3) is 0 Å². The minimum Gasteiger partial charge on any atom is -0.379 e. The van der Waals surface area contributed by atoms with Crippen LogP contribution < -0.4 is 10.6 Å². The maximum absolute atomic E-state index is 13.0. The third-order valence-corrected chi connectivity index (χ3v) is 5.32. The number of guanidine groups is 1. The molecular formula is C18H33F3N4O. The van der Waals surface area contributed by atoms with Crippen molar-refractivity contribution >= 4 is 5.96 Å². The second-order valence-electron chi connectivity index (χ2n) is 7.48. The molecule has 26 heavy (non-hydrogen) atoms. The maximum atomic E-state index is 13.0. The molecule has 2 rings (SSSR count). The van der Waals surface area contributed by atoms with Crippen molar-refractivity contribution in [1.29, 1.82) is 0 Å². The fourth-order valence-corrected chi connectivity index (χ4v) is 3.85. The average molecular weight is 378 g/mol. The van der Waals surface area contributed by atoms with Gasteiger partial charge >= 0.3 is 6.18 Å². The summed E-state index contributed by atoms with van der Waals surface area (Å²) in [5.74, 6) is -0.585. The van der Waals surface area contributed by atoms with E-state index >= 15 is 0 Å². The zero-order valence-electron chi connectivity index (χ0n) is 16.1. The van der Waals surface area contributed by atoms with Crippen LogP contribution in [0, 0.1) is 5.92 Å². The van der Waals surface area contributed by atoms with Gasteiger partial charge in [0.1, 0.15) is 0 Å². The summed E-state index contributed by atoms with van der Waals surface area (Å²) >= 11 is 0. The first kappa shape index (κ1) is 21.3. The summed E-state index contributed by atoms with van der Waals surface area (Å²) in [6.07, 6.45) is -2.38. The molecule has 0 aromatic carbocycles. The molecule has 2 aliphatic rings. The molecule has 1 saturated carbocycles. The van der Waals surface area contributed by atoms with Crippen molar-refractivity contribution in [3.8, 4) is 0 Å². The van der Waals surface area contributed by atoms with Gasteiger partial charge in [-0.25, -0.2) is 0 Å². The molecule has 0 aromatic heterocycles. The summed E-state index contributed by atoms with van der Waals surface area (Å²) in [4.78, 5) is 7.01. The lowest BCUT2D eigenvalue weighted by Crippen LogP contribution is -2.50. The number of ether oxygens (including phenoxy) is 1.